The Labute approximate surface area is 108 Å². The lowest BCUT2D eigenvalue weighted by atomic mass is 10.1. The number of benzene rings is 1. The van der Waals surface area contributed by atoms with Crippen molar-refractivity contribution in [2.75, 3.05) is 11.4 Å². The summed E-state index contributed by atoms with van der Waals surface area (Å²) in [5.74, 6) is -0.555. The number of carbonyl (C=O) groups is 2. The lowest BCUT2D eigenvalue weighted by molar-refractivity contribution is -0.121. The van der Waals surface area contributed by atoms with Crippen molar-refractivity contribution in [1.29, 1.82) is 0 Å². The summed E-state index contributed by atoms with van der Waals surface area (Å²) >= 11 is 11.8. The van der Waals surface area contributed by atoms with Gasteiger partial charge < -0.3 is 5.32 Å². The molecule has 1 aromatic rings. The third-order valence-electron chi connectivity index (χ3n) is 2.55. The number of urea groups is 1. The zero-order valence-corrected chi connectivity index (χ0v) is 10.5. The van der Waals surface area contributed by atoms with Gasteiger partial charge in [0.15, 0.2) is 0 Å². The third-order valence-corrected chi connectivity index (χ3v) is 3.11. The van der Waals surface area contributed by atoms with E-state index in [0.717, 1.165) is 4.90 Å². The van der Waals surface area contributed by atoms with E-state index in [1.807, 2.05) is 0 Å². The number of hydrogen-bond acceptors (Lipinski definition) is 2. The van der Waals surface area contributed by atoms with Crippen LogP contribution in [0.1, 0.15) is 6.92 Å². The first kappa shape index (κ1) is 12.2. The molecule has 4 nitrogen and oxygen atoms in total. The number of nitrogens with one attached hydrogen (secondary N) is 1. The van der Waals surface area contributed by atoms with Crippen molar-refractivity contribution in [3.63, 3.8) is 0 Å². The predicted octanol–water partition coefficient (Wildman–Crippen LogP) is 2.69. The van der Waals surface area contributed by atoms with E-state index in [4.69, 9.17) is 23.2 Å². The van der Waals surface area contributed by atoms with E-state index >= 15 is 0 Å². The van der Waals surface area contributed by atoms with Crippen molar-refractivity contribution in [2.24, 2.45) is 5.92 Å². The Kier molecular flexibility index (Phi) is 3.26. The van der Waals surface area contributed by atoms with Gasteiger partial charge in [0, 0.05) is 11.6 Å². The smallest absolute Gasteiger partial charge is 0.328 e. The van der Waals surface area contributed by atoms with Gasteiger partial charge in [-0.3, -0.25) is 4.79 Å². The minimum atomic E-state index is -0.475. The summed E-state index contributed by atoms with van der Waals surface area (Å²) in [5.41, 5.74) is 0.313. The Morgan fingerprint density at radius 1 is 1.35 bits per heavy atom. The zero-order valence-electron chi connectivity index (χ0n) is 9.04. The molecule has 1 N–H and O–H groups in total. The summed E-state index contributed by atoms with van der Waals surface area (Å²) in [6.07, 6.45) is 0. The molecule has 3 amide bonds. The lowest BCUT2D eigenvalue weighted by Crippen LogP contribution is -2.54. The first-order valence-corrected chi connectivity index (χ1v) is 5.83. The monoisotopic (exact) mass is 272 g/mol. The molecule has 1 aliphatic heterocycles. The largest absolute Gasteiger partial charge is 0.337 e. The number of halogens is 2. The van der Waals surface area contributed by atoms with Crippen LogP contribution in [0.3, 0.4) is 0 Å². The second kappa shape index (κ2) is 4.55. The molecule has 1 atom stereocenters. The second-order valence-corrected chi connectivity index (χ2v) is 4.70. The maximum absolute atomic E-state index is 12.0. The molecule has 0 bridgehead atoms. The van der Waals surface area contributed by atoms with E-state index in [1.165, 1.54) is 6.07 Å². The second-order valence-electron chi connectivity index (χ2n) is 3.86. The summed E-state index contributed by atoms with van der Waals surface area (Å²) in [4.78, 5) is 24.7. The molecule has 0 saturated carbocycles. The van der Waals surface area contributed by atoms with Crippen molar-refractivity contribution in [2.45, 2.75) is 6.92 Å². The molecule has 1 saturated heterocycles. The predicted molar refractivity (Wildman–Crippen MR) is 66.5 cm³/mol. The summed E-state index contributed by atoms with van der Waals surface area (Å²) in [5, 5.41) is 3.35. The number of carbonyl (C=O) groups excluding carboxylic acids is 2. The molecule has 1 aromatic carbocycles. The van der Waals surface area contributed by atoms with Crippen LogP contribution in [0.4, 0.5) is 10.5 Å². The summed E-state index contributed by atoms with van der Waals surface area (Å²) in [6.45, 7) is 2.08. The average molecular weight is 273 g/mol. The molecular formula is C11H10Cl2N2O2. The van der Waals surface area contributed by atoms with Crippen molar-refractivity contribution in [3.05, 3.63) is 28.2 Å². The summed E-state index contributed by atoms with van der Waals surface area (Å²) in [6, 6.07) is 4.18. The van der Waals surface area contributed by atoms with Gasteiger partial charge >= 0.3 is 6.03 Å². The molecule has 0 spiro atoms. The fourth-order valence-corrected chi connectivity index (χ4v) is 1.98. The average Bonchev–Trinajstić information content (AvgIpc) is 2.29. The molecule has 0 radical (unpaired) electrons. The fourth-order valence-electron chi connectivity index (χ4n) is 1.61. The van der Waals surface area contributed by atoms with Gasteiger partial charge in [-0.1, -0.05) is 30.1 Å². The lowest BCUT2D eigenvalue weighted by Gasteiger charge is -2.30. The van der Waals surface area contributed by atoms with Gasteiger partial charge in [0.1, 0.15) is 0 Å². The van der Waals surface area contributed by atoms with Gasteiger partial charge in [-0.2, -0.15) is 0 Å². The van der Waals surface area contributed by atoms with Crippen LogP contribution < -0.4 is 10.2 Å². The Bertz CT molecular complexity index is 490. The Hall–Kier alpha value is -1.26. The van der Waals surface area contributed by atoms with Crippen LogP contribution in [-0.4, -0.2) is 18.5 Å². The van der Waals surface area contributed by atoms with E-state index in [0.29, 0.717) is 22.3 Å². The van der Waals surface area contributed by atoms with Crippen LogP contribution in [0.25, 0.3) is 0 Å². The molecule has 1 unspecified atom stereocenters. The molecule has 1 fully saturated rings. The maximum Gasteiger partial charge on any atom is 0.328 e. The fraction of sp³-hybridized carbons (Fsp3) is 0.273. The molecule has 1 heterocycles. The van der Waals surface area contributed by atoms with Crippen LogP contribution in [0, 0.1) is 5.92 Å². The van der Waals surface area contributed by atoms with Gasteiger partial charge in [0.25, 0.3) is 0 Å². The van der Waals surface area contributed by atoms with E-state index < -0.39 is 6.03 Å². The first-order valence-electron chi connectivity index (χ1n) is 5.07. The standard InChI is InChI=1S/C11H10Cl2N2O2/c1-6-5-14-11(17)15(10(6)16)9-4-7(12)2-3-8(9)13/h2-4,6H,5H2,1H3,(H,14,17). The summed E-state index contributed by atoms with van der Waals surface area (Å²) < 4.78 is 0. The van der Waals surface area contributed by atoms with Crippen molar-refractivity contribution < 1.29 is 9.59 Å². The highest BCUT2D eigenvalue weighted by Crippen LogP contribution is 2.31. The zero-order chi connectivity index (χ0) is 12.6. The molecule has 1 aliphatic rings. The molecule has 2 rings (SSSR count). The van der Waals surface area contributed by atoms with Crippen LogP contribution in [0.2, 0.25) is 10.0 Å². The minimum Gasteiger partial charge on any atom is -0.337 e. The molecular weight excluding hydrogens is 263 g/mol. The Morgan fingerprint density at radius 2 is 2.06 bits per heavy atom. The molecule has 90 valence electrons. The van der Waals surface area contributed by atoms with Gasteiger partial charge in [-0.15, -0.1) is 0 Å². The van der Waals surface area contributed by atoms with Crippen molar-refractivity contribution in [3.8, 4) is 0 Å². The van der Waals surface area contributed by atoms with Crippen LogP contribution >= 0.6 is 23.2 Å². The maximum atomic E-state index is 12.0. The minimum absolute atomic E-state index is 0.275. The number of amides is 3. The SMILES string of the molecule is CC1CNC(=O)N(c2cc(Cl)ccc2Cl)C1=O. The molecule has 17 heavy (non-hydrogen) atoms. The van der Waals surface area contributed by atoms with E-state index in [2.05, 4.69) is 5.32 Å². The number of nitrogens with zero attached hydrogens (tertiary/aromatic N) is 1. The number of rotatable bonds is 1. The van der Waals surface area contributed by atoms with E-state index in [-0.39, 0.29) is 11.8 Å². The van der Waals surface area contributed by atoms with Gasteiger partial charge in [-0.25, -0.2) is 9.69 Å². The highest BCUT2D eigenvalue weighted by atomic mass is 35.5. The highest BCUT2D eigenvalue weighted by Gasteiger charge is 2.33. The Balaban J connectivity index is 2.46. The van der Waals surface area contributed by atoms with Gasteiger partial charge in [-0.05, 0) is 18.2 Å². The van der Waals surface area contributed by atoms with E-state index in [9.17, 15) is 9.59 Å². The van der Waals surface area contributed by atoms with Crippen molar-refractivity contribution >= 4 is 40.8 Å². The van der Waals surface area contributed by atoms with E-state index in [1.54, 1.807) is 19.1 Å². The molecule has 0 aromatic heterocycles. The molecule has 0 aliphatic carbocycles. The van der Waals surface area contributed by atoms with Crippen LogP contribution in [-0.2, 0) is 4.79 Å². The highest BCUT2D eigenvalue weighted by molar-refractivity contribution is 6.37. The summed E-state index contributed by atoms with van der Waals surface area (Å²) in [7, 11) is 0. The molecule has 6 heteroatoms. The van der Waals surface area contributed by atoms with Gasteiger partial charge in [0.05, 0.1) is 16.6 Å². The number of hydrogen-bond donors (Lipinski definition) is 1. The first-order chi connectivity index (χ1) is 8.00. The van der Waals surface area contributed by atoms with Crippen LogP contribution in [0.15, 0.2) is 18.2 Å². The van der Waals surface area contributed by atoms with Crippen molar-refractivity contribution in [1.82, 2.24) is 5.32 Å². The van der Waals surface area contributed by atoms with Crippen LogP contribution in [0.5, 0.6) is 0 Å². The topological polar surface area (TPSA) is 49.4 Å². The number of anilines is 1. The number of imide groups is 1. The quantitative estimate of drug-likeness (QED) is 0.855. The third kappa shape index (κ3) is 2.23. The normalized spacial score (nSPS) is 20.4. The Morgan fingerprint density at radius 3 is 2.76 bits per heavy atom. The van der Waals surface area contributed by atoms with Gasteiger partial charge in [0.2, 0.25) is 5.91 Å².